The van der Waals surface area contributed by atoms with E-state index in [2.05, 4.69) is 20.5 Å². The van der Waals surface area contributed by atoms with Gasteiger partial charge in [-0.2, -0.15) is 0 Å². The molecule has 0 saturated carbocycles. The van der Waals surface area contributed by atoms with Gasteiger partial charge in [-0.1, -0.05) is 12.1 Å². The molecule has 0 saturated heterocycles. The van der Waals surface area contributed by atoms with Gasteiger partial charge in [0.25, 0.3) is 0 Å². The Bertz CT molecular complexity index is 446. The predicted octanol–water partition coefficient (Wildman–Crippen LogP) is 2.07. The van der Waals surface area contributed by atoms with E-state index in [4.69, 9.17) is 11.6 Å². The molecule has 0 aliphatic carbocycles. The van der Waals surface area contributed by atoms with Crippen LogP contribution in [0.2, 0.25) is 0 Å². The second-order valence-corrected chi connectivity index (χ2v) is 3.47. The van der Waals surface area contributed by atoms with Gasteiger partial charge in [0.05, 0.1) is 5.52 Å². The summed E-state index contributed by atoms with van der Waals surface area (Å²) in [7, 11) is 0. The second-order valence-electron chi connectivity index (χ2n) is 3.09. The lowest BCUT2D eigenvalue weighted by Crippen LogP contribution is -2.06. The summed E-state index contributed by atoms with van der Waals surface area (Å²) in [4.78, 5) is 4.32. The van der Waals surface area contributed by atoms with Crippen LogP contribution in [0, 0.1) is 0 Å². The molecular formula is C10H11ClN4. The number of hydrogen-bond donors (Lipinski definition) is 1. The van der Waals surface area contributed by atoms with Crippen LogP contribution in [-0.2, 0) is 0 Å². The summed E-state index contributed by atoms with van der Waals surface area (Å²) in [6.45, 7) is 0.767. The Morgan fingerprint density at radius 1 is 1.13 bits per heavy atom. The van der Waals surface area contributed by atoms with E-state index in [1.165, 1.54) is 0 Å². The number of alkyl halides is 1. The van der Waals surface area contributed by atoms with Crippen LogP contribution in [0.4, 0.5) is 5.95 Å². The third kappa shape index (κ3) is 2.53. The first-order valence-corrected chi connectivity index (χ1v) is 5.33. The van der Waals surface area contributed by atoms with Gasteiger partial charge in [0.2, 0.25) is 5.95 Å². The fraction of sp³-hybridized carbons (Fsp3) is 0.300. The Kier molecular flexibility index (Phi) is 3.29. The van der Waals surface area contributed by atoms with Gasteiger partial charge in [0.15, 0.2) is 0 Å². The fourth-order valence-corrected chi connectivity index (χ4v) is 1.36. The highest BCUT2D eigenvalue weighted by Gasteiger charge is 1.99. The van der Waals surface area contributed by atoms with Crippen molar-refractivity contribution in [3.63, 3.8) is 0 Å². The summed E-state index contributed by atoms with van der Waals surface area (Å²) >= 11 is 5.57. The highest BCUT2D eigenvalue weighted by atomic mass is 35.5. The highest BCUT2D eigenvalue weighted by molar-refractivity contribution is 6.17. The lowest BCUT2D eigenvalue weighted by molar-refractivity contribution is 0.935. The molecule has 1 aromatic heterocycles. The Hall–Kier alpha value is -1.42. The number of para-hydroxylation sites is 1. The third-order valence-electron chi connectivity index (χ3n) is 1.95. The second kappa shape index (κ2) is 4.89. The minimum absolute atomic E-state index is 0.554. The van der Waals surface area contributed by atoms with Crippen LogP contribution < -0.4 is 5.32 Å². The zero-order valence-corrected chi connectivity index (χ0v) is 8.91. The molecule has 0 amide bonds. The first kappa shape index (κ1) is 10.1. The van der Waals surface area contributed by atoms with Gasteiger partial charge in [-0.25, -0.2) is 4.98 Å². The Morgan fingerprint density at radius 2 is 1.93 bits per heavy atom. The number of anilines is 1. The van der Waals surface area contributed by atoms with Gasteiger partial charge >= 0.3 is 0 Å². The van der Waals surface area contributed by atoms with Crippen molar-refractivity contribution >= 4 is 28.6 Å². The number of fused-ring (bicyclic) bond motifs is 1. The molecule has 5 heteroatoms. The molecule has 0 radical (unpaired) electrons. The van der Waals surface area contributed by atoms with Gasteiger partial charge in [0, 0.05) is 12.4 Å². The molecule has 4 nitrogen and oxygen atoms in total. The molecule has 2 aromatic rings. The molecule has 0 aliphatic heterocycles. The zero-order valence-electron chi connectivity index (χ0n) is 8.15. The molecular weight excluding hydrogens is 212 g/mol. The third-order valence-corrected chi connectivity index (χ3v) is 2.22. The van der Waals surface area contributed by atoms with Crippen LogP contribution in [0.5, 0.6) is 0 Å². The van der Waals surface area contributed by atoms with Crippen molar-refractivity contribution in [1.29, 1.82) is 0 Å². The first-order chi connectivity index (χ1) is 7.40. The normalized spacial score (nSPS) is 10.5. The van der Waals surface area contributed by atoms with E-state index >= 15 is 0 Å². The summed E-state index contributed by atoms with van der Waals surface area (Å²) in [6.07, 6.45) is 0.887. The quantitative estimate of drug-likeness (QED) is 0.636. The lowest BCUT2D eigenvalue weighted by atomic mass is 10.3. The molecule has 2 rings (SSSR count). The van der Waals surface area contributed by atoms with Crippen molar-refractivity contribution in [2.45, 2.75) is 6.42 Å². The van der Waals surface area contributed by atoms with Crippen molar-refractivity contribution in [1.82, 2.24) is 15.2 Å². The largest absolute Gasteiger partial charge is 0.353 e. The number of hydrogen-bond acceptors (Lipinski definition) is 4. The van der Waals surface area contributed by atoms with Crippen LogP contribution >= 0.6 is 11.6 Å². The summed E-state index contributed by atoms with van der Waals surface area (Å²) in [5.41, 5.74) is 1.65. The standard InChI is InChI=1S/C10H11ClN4/c11-6-3-7-12-10-13-8-4-1-2-5-9(8)14-15-10/h1-2,4-5H,3,6-7H2,(H,12,13,15). The summed E-state index contributed by atoms with van der Waals surface area (Å²) in [5.74, 6) is 1.19. The molecule has 1 heterocycles. The molecule has 0 unspecified atom stereocenters. The molecule has 0 aliphatic rings. The van der Waals surface area contributed by atoms with Crippen LogP contribution in [0.1, 0.15) is 6.42 Å². The minimum atomic E-state index is 0.554. The Balaban J connectivity index is 2.16. The average molecular weight is 223 g/mol. The van der Waals surface area contributed by atoms with Gasteiger partial charge in [-0.3, -0.25) is 0 Å². The van der Waals surface area contributed by atoms with Crippen LogP contribution in [0.25, 0.3) is 11.0 Å². The van der Waals surface area contributed by atoms with Crippen molar-refractivity contribution < 1.29 is 0 Å². The minimum Gasteiger partial charge on any atom is -0.353 e. The van der Waals surface area contributed by atoms with E-state index in [-0.39, 0.29) is 0 Å². The topological polar surface area (TPSA) is 50.7 Å². The van der Waals surface area contributed by atoms with E-state index in [9.17, 15) is 0 Å². The van der Waals surface area contributed by atoms with E-state index in [0.29, 0.717) is 11.8 Å². The highest BCUT2D eigenvalue weighted by Crippen LogP contribution is 2.08. The number of benzene rings is 1. The smallest absolute Gasteiger partial charge is 0.243 e. The predicted molar refractivity (Wildman–Crippen MR) is 61.2 cm³/mol. The Labute approximate surface area is 92.7 Å². The summed E-state index contributed by atoms with van der Waals surface area (Å²) in [5, 5.41) is 11.1. The summed E-state index contributed by atoms with van der Waals surface area (Å²) < 4.78 is 0. The van der Waals surface area contributed by atoms with Crippen LogP contribution in [0.15, 0.2) is 24.3 Å². The maximum Gasteiger partial charge on any atom is 0.243 e. The fourth-order valence-electron chi connectivity index (χ4n) is 1.22. The number of nitrogens with one attached hydrogen (secondary N) is 1. The van der Waals surface area contributed by atoms with Gasteiger partial charge in [0.1, 0.15) is 5.52 Å². The van der Waals surface area contributed by atoms with Gasteiger partial charge in [-0.05, 0) is 18.6 Å². The molecule has 0 atom stereocenters. The number of nitrogens with zero attached hydrogens (tertiary/aromatic N) is 3. The van der Waals surface area contributed by atoms with E-state index in [1.54, 1.807) is 0 Å². The first-order valence-electron chi connectivity index (χ1n) is 4.79. The Morgan fingerprint density at radius 3 is 2.73 bits per heavy atom. The van der Waals surface area contributed by atoms with E-state index < -0.39 is 0 Å². The monoisotopic (exact) mass is 222 g/mol. The lowest BCUT2D eigenvalue weighted by Gasteiger charge is -2.02. The molecule has 15 heavy (non-hydrogen) atoms. The molecule has 0 fully saturated rings. The van der Waals surface area contributed by atoms with Gasteiger partial charge < -0.3 is 5.32 Å². The summed E-state index contributed by atoms with van der Waals surface area (Å²) in [6, 6.07) is 7.65. The van der Waals surface area contributed by atoms with E-state index in [0.717, 1.165) is 24.0 Å². The molecule has 0 bridgehead atoms. The van der Waals surface area contributed by atoms with Gasteiger partial charge in [-0.15, -0.1) is 21.8 Å². The molecule has 1 N–H and O–H groups in total. The molecule has 0 spiro atoms. The maximum atomic E-state index is 5.57. The average Bonchev–Trinajstić information content (AvgIpc) is 2.29. The zero-order chi connectivity index (χ0) is 10.5. The van der Waals surface area contributed by atoms with Crippen LogP contribution in [0.3, 0.4) is 0 Å². The number of halogens is 1. The van der Waals surface area contributed by atoms with Crippen molar-refractivity contribution in [2.75, 3.05) is 17.7 Å². The van der Waals surface area contributed by atoms with Crippen molar-refractivity contribution in [2.24, 2.45) is 0 Å². The molecule has 1 aromatic carbocycles. The van der Waals surface area contributed by atoms with Crippen molar-refractivity contribution in [3.05, 3.63) is 24.3 Å². The van der Waals surface area contributed by atoms with Crippen molar-refractivity contribution in [3.8, 4) is 0 Å². The van der Waals surface area contributed by atoms with E-state index in [1.807, 2.05) is 24.3 Å². The number of aromatic nitrogens is 3. The van der Waals surface area contributed by atoms with Crippen LogP contribution in [-0.4, -0.2) is 27.6 Å². The maximum absolute atomic E-state index is 5.57. The number of rotatable bonds is 4. The SMILES string of the molecule is ClCCCNc1nnc2ccccc2n1. The molecule has 78 valence electrons.